The molecule has 0 saturated heterocycles. The SMILES string of the molecule is CSCCCCSN=C=O. The topological polar surface area (TPSA) is 29.4 Å². The van der Waals surface area contributed by atoms with Gasteiger partial charge in [0, 0.05) is 5.75 Å². The van der Waals surface area contributed by atoms with Gasteiger partial charge < -0.3 is 0 Å². The van der Waals surface area contributed by atoms with Crippen LogP contribution in [-0.2, 0) is 4.79 Å². The van der Waals surface area contributed by atoms with Gasteiger partial charge in [-0.3, -0.25) is 0 Å². The summed E-state index contributed by atoms with van der Waals surface area (Å²) in [5.74, 6) is 2.14. The number of hydrogen-bond donors (Lipinski definition) is 0. The van der Waals surface area contributed by atoms with Crippen molar-refractivity contribution in [1.82, 2.24) is 0 Å². The van der Waals surface area contributed by atoms with Gasteiger partial charge in [0.2, 0.25) is 6.08 Å². The van der Waals surface area contributed by atoms with Crippen LogP contribution in [0.5, 0.6) is 0 Å². The van der Waals surface area contributed by atoms with Crippen LogP contribution in [0.4, 0.5) is 0 Å². The molecule has 0 rings (SSSR count). The zero-order valence-corrected chi connectivity index (χ0v) is 7.63. The highest BCUT2D eigenvalue weighted by atomic mass is 32.2. The molecule has 0 amide bonds. The summed E-state index contributed by atoms with van der Waals surface area (Å²) in [5, 5.41) is 0. The summed E-state index contributed by atoms with van der Waals surface area (Å²) in [6.45, 7) is 0. The molecule has 0 saturated carbocycles. The van der Waals surface area contributed by atoms with E-state index in [1.54, 1.807) is 0 Å². The molecule has 0 unspecified atom stereocenters. The van der Waals surface area contributed by atoms with Gasteiger partial charge in [0.05, 0.1) is 0 Å². The van der Waals surface area contributed by atoms with E-state index in [9.17, 15) is 4.79 Å². The van der Waals surface area contributed by atoms with E-state index in [1.165, 1.54) is 30.2 Å². The van der Waals surface area contributed by atoms with E-state index in [4.69, 9.17) is 0 Å². The Balaban J connectivity index is 2.83. The van der Waals surface area contributed by atoms with E-state index >= 15 is 0 Å². The lowest BCUT2D eigenvalue weighted by molar-refractivity contribution is 0.566. The zero-order chi connectivity index (χ0) is 7.66. The Bertz CT molecular complexity index is 112. The number of unbranched alkanes of at least 4 members (excludes halogenated alkanes) is 1. The van der Waals surface area contributed by atoms with Gasteiger partial charge in [0.1, 0.15) is 0 Å². The fraction of sp³-hybridized carbons (Fsp3) is 0.833. The maximum atomic E-state index is 9.58. The van der Waals surface area contributed by atoms with Gasteiger partial charge in [-0.2, -0.15) is 11.8 Å². The van der Waals surface area contributed by atoms with Gasteiger partial charge in [0.25, 0.3) is 0 Å². The van der Waals surface area contributed by atoms with Crippen molar-refractivity contribution < 1.29 is 4.79 Å². The second-order valence-corrected chi connectivity index (χ2v) is 3.55. The second kappa shape index (κ2) is 9.08. The van der Waals surface area contributed by atoms with E-state index in [1.807, 2.05) is 11.8 Å². The van der Waals surface area contributed by atoms with Gasteiger partial charge in [0.15, 0.2) is 0 Å². The third-order valence-corrected chi connectivity index (χ3v) is 2.31. The molecule has 4 heteroatoms. The molecule has 0 aromatic carbocycles. The molecule has 2 nitrogen and oxygen atoms in total. The Labute approximate surface area is 70.0 Å². The van der Waals surface area contributed by atoms with Gasteiger partial charge >= 0.3 is 0 Å². The van der Waals surface area contributed by atoms with Crippen molar-refractivity contribution in [2.45, 2.75) is 12.8 Å². The average molecular weight is 177 g/mol. The van der Waals surface area contributed by atoms with Crippen LogP contribution in [0, 0.1) is 0 Å². The first-order valence-electron chi connectivity index (χ1n) is 3.10. The van der Waals surface area contributed by atoms with E-state index in [0.29, 0.717) is 0 Å². The first-order chi connectivity index (χ1) is 4.91. The minimum atomic E-state index is 0.940. The third kappa shape index (κ3) is 8.08. The van der Waals surface area contributed by atoms with Gasteiger partial charge in [-0.25, -0.2) is 4.79 Å². The minimum Gasteiger partial charge on any atom is -0.210 e. The lowest BCUT2D eigenvalue weighted by Crippen LogP contribution is -1.80. The molecule has 0 N–H and O–H groups in total. The molecule has 0 aliphatic rings. The summed E-state index contributed by atoms with van der Waals surface area (Å²) < 4.78 is 3.37. The predicted octanol–water partition coefficient (Wildman–Crippen LogP) is 2.11. The molecule has 0 aromatic rings. The van der Waals surface area contributed by atoms with E-state index in [0.717, 1.165) is 12.2 Å². The first kappa shape index (κ1) is 10.1. The summed E-state index contributed by atoms with van der Waals surface area (Å²) in [6.07, 6.45) is 5.93. The smallest absolute Gasteiger partial charge is 0.210 e. The van der Waals surface area contributed by atoms with Crippen LogP contribution in [-0.4, -0.2) is 23.8 Å². The fourth-order valence-corrected chi connectivity index (χ4v) is 1.46. The highest BCUT2D eigenvalue weighted by Gasteiger charge is 1.86. The van der Waals surface area contributed by atoms with Crippen LogP contribution in [0.15, 0.2) is 4.40 Å². The van der Waals surface area contributed by atoms with Crippen LogP contribution >= 0.6 is 23.7 Å². The van der Waals surface area contributed by atoms with Crippen molar-refractivity contribution in [3.63, 3.8) is 0 Å². The average Bonchev–Trinajstić information content (AvgIpc) is 1.97. The molecule has 0 fully saturated rings. The molecule has 0 aromatic heterocycles. The Morgan fingerprint density at radius 3 is 2.70 bits per heavy atom. The number of nitrogens with zero attached hydrogens (tertiary/aromatic N) is 1. The molecule has 58 valence electrons. The van der Waals surface area contributed by atoms with Crippen molar-refractivity contribution in [3.8, 4) is 0 Å². The first-order valence-corrected chi connectivity index (χ1v) is 5.43. The highest BCUT2D eigenvalue weighted by Crippen LogP contribution is 2.06. The van der Waals surface area contributed by atoms with Crippen LogP contribution in [0.1, 0.15) is 12.8 Å². The highest BCUT2D eigenvalue weighted by molar-refractivity contribution is 7.98. The van der Waals surface area contributed by atoms with Crippen LogP contribution < -0.4 is 0 Å². The molecular formula is C6H11NOS2. The lowest BCUT2D eigenvalue weighted by Gasteiger charge is -1.93. The number of carbonyl (C=O) groups excluding carboxylic acids is 1. The van der Waals surface area contributed by atoms with Crippen LogP contribution in [0.2, 0.25) is 0 Å². The second-order valence-electron chi connectivity index (χ2n) is 1.72. The molecule has 0 aliphatic heterocycles. The normalized spacial score (nSPS) is 8.90. The number of hydrogen-bond acceptors (Lipinski definition) is 4. The molecule has 0 heterocycles. The van der Waals surface area contributed by atoms with Gasteiger partial charge in [-0.1, -0.05) is 0 Å². The Morgan fingerprint density at radius 2 is 2.10 bits per heavy atom. The van der Waals surface area contributed by atoms with Crippen molar-refractivity contribution in [1.29, 1.82) is 0 Å². The Morgan fingerprint density at radius 1 is 1.40 bits per heavy atom. The minimum absolute atomic E-state index is 0.940. The number of rotatable bonds is 6. The summed E-state index contributed by atoms with van der Waals surface area (Å²) in [7, 11) is 0. The molecule has 0 spiro atoms. The lowest BCUT2D eigenvalue weighted by atomic mass is 10.4. The summed E-state index contributed by atoms with van der Waals surface area (Å²) in [4.78, 5) is 9.58. The van der Waals surface area contributed by atoms with Crippen molar-refractivity contribution in [2.75, 3.05) is 17.8 Å². The van der Waals surface area contributed by atoms with Crippen LogP contribution in [0.3, 0.4) is 0 Å². The van der Waals surface area contributed by atoms with Crippen molar-refractivity contribution in [3.05, 3.63) is 0 Å². The number of thioether (sulfide) groups is 1. The summed E-state index contributed by atoms with van der Waals surface area (Å²) >= 11 is 3.14. The maximum Gasteiger partial charge on any atom is 0.247 e. The fourth-order valence-electron chi connectivity index (χ4n) is 0.485. The van der Waals surface area contributed by atoms with E-state index < -0.39 is 0 Å². The number of isocyanates is 1. The monoisotopic (exact) mass is 177 g/mol. The van der Waals surface area contributed by atoms with Crippen LogP contribution in [0.25, 0.3) is 0 Å². The van der Waals surface area contributed by atoms with Crippen molar-refractivity contribution in [2.24, 2.45) is 4.40 Å². The molecule has 0 radical (unpaired) electrons. The van der Waals surface area contributed by atoms with Gasteiger partial charge in [-0.15, -0.1) is 4.40 Å². The Kier molecular flexibility index (Phi) is 9.15. The van der Waals surface area contributed by atoms with Crippen molar-refractivity contribution >= 4 is 29.8 Å². The van der Waals surface area contributed by atoms with Gasteiger partial charge in [-0.05, 0) is 36.8 Å². The van der Waals surface area contributed by atoms with E-state index in [-0.39, 0.29) is 0 Å². The molecule has 0 aliphatic carbocycles. The zero-order valence-electron chi connectivity index (χ0n) is 6.00. The Hall–Kier alpha value is 0.0800. The molecule has 10 heavy (non-hydrogen) atoms. The molecular weight excluding hydrogens is 166 g/mol. The third-order valence-electron chi connectivity index (χ3n) is 0.936. The molecule has 0 atom stereocenters. The summed E-state index contributed by atoms with van der Waals surface area (Å²) in [6, 6.07) is 0. The standard InChI is InChI=1S/C6H11NOS2/c1-9-4-2-3-5-10-7-6-8/h2-5H2,1H3. The largest absolute Gasteiger partial charge is 0.247 e. The quantitative estimate of drug-likeness (QED) is 0.269. The predicted molar refractivity (Wildman–Crippen MR) is 48.2 cm³/mol. The summed E-state index contributed by atoms with van der Waals surface area (Å²) in [5.41, 5.74) is 0. The maximum absolute atomic E-state index is 9.58. The molecule has 0 bridgehead atoms. The van der Waals surface area contributed by atoms with E-state index in [2.05, 4.69) is 10.7 Å².